The number of aromatic nitrogens is 6. The third-order valence-electron chi connectivity index (χ3n) is 4.44. The molecule has 1 amide bonds. The summed E-state index contributed by atoms with van der Waals surface area (Å²) in [5.41, 5.74) is 3.16. The van der Waals surface area contributed by atoms with Gasteiger partial charge in [0.15, 0.2) is 5.82 Å². The Balaban J connectivity index is 1.44. The molecule has 164 valence electrons. The largest absolute Gasteiger partial charge is 0.405 e. The van der Waals surface area contributed by atoms with Crippen LogP contribution in [-0.2, 0) is 7.05 Å². The maximum Gasteiger partial charge on any atom is 0.405 e. The Kier molecular flexibility index (Phi) is 5.58. The molecule has 1 aromatic carbocycles. The number of carbonyl (C=O) groups excluding carboxylic acids is 1. The van der Waals surface area contributed by atoms with Gasteiger partial charge in [0.05, 0.1) is 6.20 Å². The van der Waals surface area contributed by atoms with Crippen LogP contribution in [-0.4, -0.2) is 48.6 Å². The Bertz CT molecular complexity index is 1200. The molecule has 0 atom stereocenters. The van der Waals surface area contributed by atoms with Crippen LogP contribution in [0.5, 0.6) is 0 Å². The molecule has 12 heteroatoms. The number of carbonyl (C=O) groups is 1. The Hall–Kier alpha value is -4.22. The molecule has 0 bridgehead atoms. The molecule has 4 aromatic rings. The maximum atomic E-state index is 12.2. The summed E-state index contributed by atoms with van der Waals surface area (Å²) in [6.07, 6.45) is 0.380. The van der Waals surface area contributed by atoms with Crippen molar-refractivity contribution >= 4 is 17.5 Å². The van der Waals surface area contributed by atoms with Crippen LogP contribution in [0.3, 0.4) is 0 Å². The number of aromatic amines is 1. The monoisotopic (exact) mass is 442 g/mol. The zero-order valence-electron chi connectivity index (χ0n) is 16.7. The summed E-state index contributed by atoms with van der Waals surface area (Å²) in [7, 11) is 1.71. The van der Waals surface area contributed by atoms with E-state index in [-0.39, 0.29) is 5.69 Å². The first-order valence-corrected chi connectivity index (χ1v) is 9.37. The first-order chi connectivity index (χ1) is 15.3. The van der Waals surface area contributed by atoms with E-state index in [1.165, 1.54) is 18.3 Å². The molecule has 0 aliphatic rings. The second-order valence-electron chi connectivity index (χ2n) is 6.80. The lowest BCUT2D eigenvalue weighted by Gasteiger charge is -2.07. The van der Waals surface area contributed by atoms with E-state index < -0.39 is 18.6 Å². The molecular weight excluding hydrogens is 425 g/mol. The average Bonchev–Trinajstić information content (AvgIpc) is 3.43. The van der Waals surface area contributed by atoms with Gasteiger partial charge in [-0.15, -0.1) is 5.10 Å². The van der Waals surface area contributed by atoms with Crippen molar-refractivity contribution in [1.29, 1.82) is 0 Å². The highest BCUT2D eigenvalue weighted by Gasteiger charge is 2.28. The number of aryl methyl sites for hydroxylation is 1. The molecule has 3 N–H and O–H groups in total. The van der Waals surface area contributed by atoms with Crippen molar-refractivity contribution in [3.05, 3.63) is 60.7 Å². The second kappa shape index (κ2) is 8.49. The molecule has 0 fully saturated rings. The van der Waals surface area contributed by atoms with E-state index in [2.05, 4.69) is 30.6 Å². The predicted molar refractivity (Wildman–Crippen MR) is 110 cm³/mol. The number of nitrogens with one attached hydrogen (secondary N) is 3. The molecule has 0 unspecified atom stereocenters. The van der Waals surface area contributed by atoms with Gasteiger partial charge in [0.2, 0.25) is 5.95 Å². The third kappa shape index (κ3) is 4.91. The third-order valence-corrected chi connectivity index (χ3v) is 4.44. The van der Waals surface area contributed by atoms with Gasteiger partial charge in [-0.2, -0.15) is 23.3 Å². The smallest absolute Gasteiger partial charge is 0.342 e. The number of anilines is 2. The summed E-state index contributed by atoms with van der Waals surface area (Å²) in [5.74, 6) is -0.0908. The van der Waals surface area contributed by atoms with E-state index in [1.807, 2.05) is 24.3 Å². The number of H-pyrrole nitrogens is 1. The molecule has 0 aliphatic carbocycles. The molecule has 0 aliphatic heterocycles. The lowest BCUT2D eigenvalue weighted by molar-refractivity contribution is -0.123. The number of amides is 1. The maximum absolute atomic E-state index is 12.2. The van der Waals surface area contributed by atoms with Crippen molar-refractivity contribution in [2.45, 2.75) is 6.18 Å². The lowest BCUT2D eigenvalue weighted by atomic mass is 10.1. The molecule has 0 radical (unpaired) electrons. The molecule has 0 spiro atoms. The van der Waals surface area contributed by atoms with Gasteiger partial charge in [-0.25, -0.2) is 4.68 Å². The summed E-state index contributed by atoms with van der Waals surface area (Å²) in [5, 5.41) is 16.0. The van der Waals surface area contributed by atoms with Crippen molar-refractivity contribution in [2.75, 3.05) is 11.9 Å². The van der Waals surface area contributed by atoms with Crippen LogP contribution in [0.1, 0.15) is 10.5 Å². The highest BCUT2D eigenvalue weighted by atomic mass is 19.4. The van der Waals surface area contributed by atoms with Gasteiger partial charge in [-0.3, -0.25) is 14.9 Å². The fourth-order valence-corrected chi connectivity index (χ4v) is 2.83. The highest BCUT2D eigenvalue weighted by Crippen LogP contribution is 2.23. The van der Waals surface area contributed by atoms with Crippen molar-refractivity contribution in [3.63, 3.8) is 0 Å². The van der Waals surface area contributed by atoms with E-state index in [0.29, 0.717) is 17.3 Å². The summed E-state index contributed by atoms with van der Waals surface area (Å²) >= 11 is 0. The summed E-state index contributed by atoms with van der Waals surface area (Å²) in [6, 6.07) is 10.5. The van der Waals surface area contributed by atoms with Crippen LogP contribution in [0.2, 0.25) is 0 Å². The van der Waals surface area contributed by atoms with Gasteiger partial charge >= 0.3 is 6.18 Å². The number of benzene rings is 1. The molecule has 0 saturated heterocycles. The number of hydrogen-bond acceptors (Lipinski definition) is 6. The number of halogens is 3. The van der Waals surface area contributed by atoms with Crippen LogP contribution < -0.4 is 10.6 Å². The van der Waals surface area contributed by atoms with E-state index >= 15 is 0 Å². The molecule has 32 heavy (non-hydrogen) atoms. The van der Waals surface area contributed by atoms with Crippen LogP contribution in [0.15, 0.2) is 55.0 Å². The number of pyridine rings is 1. The van der Waals surface area contributed by atoms with Gasteiger partial charge in [0.25, 0.3) is 5.91 Å². The van der Waals surface area contributed by atoms with Crippen molar-refractivity contribution in [3.8, 4) is 22.5 Å². The zero-order chi connectivity index (χ0) is 22.7. The van der Waals surface area contributed by atoms with Gasteiger partial charge in [0, 0.05) is 36.3 Å². The van der Waals surface area contributed by atoms with Crippen LogP contribution in [0.25, 0.3) is 22.5 Å². The average molecular weight is 442 g/mol. The van der Waals surface area contributed by atoms with Gasteiger partial charge in [-0.05, 0) is 29.8 Å². The first kappa shape index (κ1) is 21.0. The molecule has 9 nitrogen and oxygen atoms in total. The van der Waals surface area contributed by atoms with Crippen LogP contribution in [0, 0.1) is 0 Å². The summed E-state index contributed by atoms with van der Waals surface area (Å²) in [6.45, 7) is -1.42. The van der Waals surface area contributed by atoms with Gasteiger partial charge in [-0.1, -0.05) is 12.1 Å². The predicted octanol–water partition coefficient (Wildman–Crippen LogP) is 3.30. The lowest BCUT2D eigenvalue weighted by Crippen LogP contribution is -2.34. The first-order valence-electron chi connectivity index (χ1n) is 9.37. The Morgan fingerprint density at radius 3 is 2.44 bits per heavy atom. The fourth-order valence-electron chi connectivity index (χ4n) is 2.83. The summed E-state index contributed by atoms with van der Waals surface area (Å²) < 4.78 is 38.2. The molecule has 3 aromatic heterocycles. The number of nitrogens with zero attached hydrogens (tertiary/aromatic N) is 5. The van der Waals surface area contributed by atoms with Crippen molar-refractivity contribution in [2.24, 2.45) is 7.05 Å². The van der Waals surface area contributed by atoms with Crippen LogP contribution in [0.4, 0.5) is 24.8 Å². The fraction of sp³-hybridized carbons (Fsp3) is 0.150. The molecule has 0 saturated carbocycles. The topological polar surface area (TPSA) is 113 Å². The SMILES string of the molecule is Cn1nc(-c2ccc(C(=O)NCC(F)(F)F)nc2)nc1Nc1ccc(-c2cn[nH]c2)cc1. The second-order valence-corrected chi connectivity index (χ2v) is 6.80. The number of rotatable bonds is 6. The minimum absolute atomic E-state index is 0.134. The Morgan fingerprint density at radius 2 is 1.81 bits per heavy atom. The molecular formula is C20H17F3N8O. The van der Waals surface area contributed by atoms with E-state index in [1.54, 1.807) is 29.4 Å². The van der Waals surface area contributed by atoms with E-state index in [0.717, 1.165) is 16.8 Å². The quantitative estimate of drug-likeness (QED) is 0.422. The van der Waals surface area contributed by atoms with Gasteiger partial charge < -0.3 is 10.6 Å². The van der Waals surface area contributed by atoms with Crippen molar-refractivity contribution < 1.29 is 18.0 Å². The minimum Gasteiger partial charge on any atom is -0.342 e. The summed E-state index contributed by atoms with van der Waals surface area (Å²) in [4.78, 5) is 20.1. The molecule has 3 heterocycles. The van der Waals surface area contributed by atoms with Crippen molar-refractivity contribution in [1.82, 2.24) is 35.3 Å². The van der Waals surface area contributed by atoms with E-state index in [9.17, 15) is 18.0 Å². The number of hydrogen-bond donors (Lipinski definition) is 3. The van der Waals surface area contributed by atoms with Crippen LogP contribution >= 0.6 is 0 Å². The van der Waals surface area contributed by atoms with Gasteiger partial charge in [0.1, 0.15) is 12.2 Å². The Morgan fingerprint density at radius 1 is 1.06 bits per heavy atom. The highest BCUT2D eigenvalue weighted by molar-refractivity contribution is 5.92. The zero-order valence-corrected chi connectivity index (χ0v) is 16.7. The Labute approximate surface area is 179 Å². The molecule has 4 rings (SSSR count). The standard InChI is InChI=1S/C20H17F3N8O/c1-31-19(28-15-5-2-12(3-6-15)14-9-26-27-10-14)29-17(30-31)13-4-7-16(24-8-13)18(32)25-11-20(21,22)23/h2-10H,11H2,1H3,(H,25,32)(H,26,27)(H,28,29,30). The minimum atomic E-state index is -4.49. The normalized spacial score (nSPS) is 11.4. The van der Waals surface area contributed by atoms with E-state index in [4.69, 9.17) is 0 Å². The number of alkyl halides is 3.